The summed E-state index contributed by atoms with van der Waals surface area (Å²) in [6.45, 7) is 2.81. The number of nitrogens with one attached hydrogen (secondary N) is 1. The topological polar surface area (TPSA) is 134 Å². The third-order valence-electron chi connectivity index (χ3n) is 5.07. The molecule has 2 aliphatic heterocycles. The lowest BCUT2D eigenvalue weighted by Crippen LogP contribution is -2.55. The summed E-state index contributed by atoms with van der Waals surface area (Å²) in [5, 5.41) is 22.3. The largest absolute Gasteiger partial charge is 0.547 e. The molecule has 1 fully saturated rings. The Labute approximate surface area is 163 Å². The van der Waals surface area contributed by atoms with Crippen molar-refractivity contribution in [2.75, 3.05) is 32.8 Å². The van der Waals surface area contributed by atoms with E-state index in [4.69, 9.17) is 15.1 Å². The number of likely N-dealkylation sites (tertiary alicyclic amines) is 1. The zero-order chi connectivity index (χ0) is 20.1. The van der Waals surface area contributed by atoms with Crippen molar-refractivity contribution < 1.29 is 29.1 Å². The van der Waals surface area contributed by atoms with Gasteiger partial charge in [0.05, 0.1) is 30.8 Å². The van der Waals surface area contributed by atoms with Crippen LogP contribution >= 0.6 is 0 Å². The van der Waals surface area contributed by atoms with Crippen LogP contribution in [0.4, 0.5) is 0 Å². The van der Waals surface area contributed by atoms with Crippen LogP contribution in [0.5, 0.6) is 5.75 Å². The first kappa shape index (κ1) is 20.6. The van der Waals surface area contributed by atoms with Gasteiger partial charge in [-0.25, -0.2) is 4.79 Å². The molecule has 2 heterocycles. The molecule has 1 aromatic carbocycles. The minimum atomic E-state index is -1.30. The second kappa shape index (κ2) is 9.38. The molecule has 9 nitrogen and oxygen atoms in total. The first-order valence-electron chi connectivity index (χ1n) is 9.51. The summed E-state index contributed by atoms with van der Waals surface area (Å²) >= 11 is 0. The third-order valence-corrected chi connectivity index (χ3v) is 5.07. The Balaban J connectivity index is 1.51. The average Bonchev–Trinajstić information content (AvgIpc) is 2.67. The van der Waals surface area contributed by atoms with Gasteiger partial charge in [0.1, 0.15) is 5.75 Å². The van der Waals surface area contributed by atoms with Gasteiger partial charge in [-0.05, 0) is 30.9 Å². The van der Waals surface area contributed by atoms with Crippen LogP contribution in [0.3, 0.4) is 0 Å². The van der Waals surface area contributed by atoms with Gasteiger partial charge in [-0.15, -0.1) is 0 Å². The van der Waals surface area contributed by atoms with Crippen LogP contribution in [0.1, 0.15) is 28.8 Å². The van der Waals surface area contributed by atoms with Crippen molar-refractivity contribution in [1.29, 1.82) is 0 Å². The lowest BCUT2D eigenvalue weighted by atomic mass is 9.72. The molecule has 3 rings (SSSR count). The number of amides is 1. The highest BCUT2D eigenvalue weighted by Gasteiger charge is 2.38. The molecular weight excluding hydrogens is 365 g/mol. The van der Waals surface area contributed by atoms with Gasteiger partial charge in [0.2, 0.25) is 5.91 Å². The number of rotatable bonds is 7. The van der Waals surface area contributed by atoms with Gasteiger partial charge in [-0.2, -0.15) is 0 Å². The number of benzene rings is 1. The van der Waals surface area contributed by atoms with Crippen LogP contribution in [0.25, 0.3) is 0 Å². The summed E-state index contributed by atoms with van der Waals surface area (Å²) in [6.07, 6.45) is 2.20. The fourth-order valence-corrected chi connectivity index (χ4v) is 3.64. The van der Waals surface area contributed by atoms with Gasteiger partial charge >= 0.3 is 13.1 Å². The second-order valence-corrected chi connectivity index (χ2v) is 7.12. The van der Waals surface area contributed by atoms with Crippen LogP contribution in [0, 0.1) is 0 Å². The van der Waals surface area contributed by atoms with E-state index < -0.39 is 19.0 Å². The highest BCUT2D eigenvalue weighted by atomic mass is 16.5. The number of piperidine rings is 1. The summed E-state index contributed by atoms with van der Waals surface area (Å²) < 4.78 is 11.0. The molecular formula is C18H26BN3O6. The smallest absolute Gasteiger partial charge is 0.534 e. The van der Waals surface area contributed by atoms with Gasteiger partial charge in [0, 0.05) is 19.6 Å². The molecule has 0 spiro atoms. The van der Waals surface area contributed by atoms with E-state index in [1.165, 1.54) is 6.07 Å². The van der Waals surface area contributed by atoms with Crippen LogP contribution < -0.4 is 15.7 Å². The molecule has 10 heteroatoms. The van der Waals surface area contributed by atoms with Crippen LogP contribution in [-0.4, -0.2) is 78.9 Å². The van der Waals surface area contributed by atoms with E-state index in [0.29, 0.717) is 25.1 Å². The predicted molar refractivity (Wildman–Crippen MR) is 102 cm³/mol. The van der Waals surface area contributed by atoms with Crippen LogP contribution in [-0.2, 0) is 16.0 Å². The first-order valence-corrected chi connectivity index (χ1v) is 9.51. The van der Waals surface area contributed by atoms with Gasteiger partial charge < -0.3 is 30.6 Å². The number of nitrogens with two attached hydrogens (primary N) is 1. The Morgan fingerprint density at radius 1 is 1.36 bits per heavy atom. The molecule has 2 aliphatic rings. The summed E-state index contributed by atoms with van der Waals surface area (Å²) in [6, 6.07) is 4.78. The van der Waals surface area contributed by atoms with Gasteiger partial charge in [-0.3, -0.25) is 9.69 Å². The number of carbonyl (C=O) groups is 2. The van der Waals surface area contributed by atoms with Crippen molar-refractivity contribution >= 4 is 19.0 Å². The van der Waals surface area contributed by atoms with Crippen molar-refractivity contribution in [3.8, 4) is 5.75 Å². The minimum Gasteiger partial charge on any atom is -0.534 e. The number of carboxylic acids is 1. The molecule has 28 heavy (non-hydrogen) atoms. The molecule has 1 saturated heterocycles. The Bertz CT molecular complexity index is 711. The summed E-state index contributed by atoms with van der Waals surface area (Å²) in [5.41, 5.74) is 6.09. The Morgan fingerprint density at radius 2 is 2.11 bits per heavy atom. The Morgan fingerprint density at radius 3 is 2.79 bits per heavy atom. The third kappa shape index (κ3) is 5.02. The van der Waals surface area contributed by atoms with E-state index in [1.54, 1.807) is 12.1 Å². The standard InChI is InChI=1S/C18H26BN3O6/c20-6-9-27-13-4-7-22(8-5-13)11-16(23)21-15-10-12-2-1-3-14(18(24)25)17(12)28-19(15)26/h1-3,13,15,26H,4-11,20H2,(H,21,23)(H,24,25)/t15-/m0/s1. The highest BCUT2D eigenvalue weighted by molar-refractivity contribution is 6.47. The number of carbonyl (C=O) groups excluding carboxylic acids is 1. The van der Waals surface area contributed by atoms with Crippen molar-refractivity contribution in [3.05, 3.63) is 29.3 Å². The lowest BCUT2D eigenvalue weighted by Gasteiger charge is -2.32. The molecule has 0 radical (unpaired) electrons. The maximum absolute atomic E-state index is 12.4. The maximum atomic E-state index is 12.4. The predicted octanol–water partition coefficient (Wildman–Crippen LogP) is -0.736. The SMILES string of the molecule is NCCOC1CCN(CC(=O)N[C@H]2Cc3cccc(C(=O)O)c3OB2O)CC1. The molecule has 0 aromatic heterocycles. The van der Waals surface area contributed by atoms with E-state index in [0.717, 1.165) is 25.9 Å². The van der Waals surface area contributed by atoms with Crippen LogP contribution in [0.2, 0.25) is 0 Å². The van der Waals surface area contributed by atoms with E-state index in [2.05, 4.69) is 5.32 Å². The number of nitrogens with zero attached hydrogens (tertiary/aromatic N) is 1. The zero-order valence-electron chi connectivity index (χ0n) is 15.7. The fourth-order valence-electron chi connectivity index (χ4n) is 3.64. The van der Waals surface area contributed by atoms with E-state index in [1.807, 2.05) is 4.90 Å². The van der Waals surface area contributed by atoms with Gasteiger partial charge in [0.25, 0.3) is 0 Å². The molecule has 1 atom stereocenters. The number of carboxylic acid groups (broad SMARTS) is 1. The zero-order valence-corrected chi connectivity index (χ0v) is 15.7. The molecule has 152 valence electrons. The molecule has 0 bridgehead atoms. The van der Waals surface area contributed by atoms with Crippen molar-refractivity contribution in [2.24, 2.45) is 5.73 Å². The number of para-hydroxylation sites is 1. The fraction of sp³-hybridized carbons (Fsp3) is 0.556. The summed E-state index contributed by atoms with van der Waals surface area (Å²) in [7, 11) is -1.30. The first-order chi connectivity index (χ1) is 13.5. The van der Waals surface area contributed by atoms with Crippen molar-refractivity contribution in [1.82, 2.24) is 10.2 Å². The number of hydrogen-bond acceptors (Lipinski definition) is 7. The monoisotopic (exact) mass is 391 g/mol. The van der Waals surface area contributed by atoms with Crippen molar-refractivity contribution in [2.45, 2.75) is 31.3 Å². The Hall–Kier alpha value is -2.14. The van der Waals surface area contributed by atoms with Gasteiger partial charge in [0.15, 0.2) is 0 Å². The van der Waals surface area contributed by atoms with Gasteiger partial charge in [-0.1, -0.05) is 12.1 Å². The normalized spacial score (nSPS) is 20.4. The number of aromatic carboxylic acids is 1. The number of ether oxygens (including phenoxy) is 1. The van der Waals surface area contributed by atoms with Crippen molar-refractivity contribution in [3.63, 3.8) is 0 Å². The average molecular weight is 391 g/mol. The molecule has 5 N–H and O–H groups in total. The molecule has 0 saturated carbocycles. The second-order valence-electron chi connectivity index (χ2n) is 7.12. The van der Waals surface area contributed by atoms with E-state index in [9.17, 15) is 19.7 Å². The molecule has 0 aliphatic carbocycles. The quantitative estimate of drug-likeness (QED) is 0.447. The maximum Gasteiger partial charge on any atom is 0.547 e. The highest BCUT2D eigenvalue weighted by Crippen LogP contribution is 2.30. The molecule has 1 aromatic rings. The Kier molecular flexibility index (Phi) is 6.90. The number of hydrogen-bond donors (Lipinski definition) is 4. The summed E-state index contributed by atoms with van der Waals surface area (Å²) in [5.74, 6) is -1.79. The van der Waals surface area contributed by atoms with Crippen LogP contribution in [0.15, 0.2) is 18.2 Å². The molecule has 1 amide bonds. The lowest BCUT2D eigenvalue weighted by molar-refractivity contribution is -0.123. The van der Waals surface area contributed by atoms with E-state index in [-0.39, 0.29) is 29.9 Å². The van der Waals surface area contributed by atoms with E-state index >= 15 is 0 Å². The summed E-state index contributed by atoms with van der Waals surface area (Å²) in [4.78, 5) is 25.7. The number of fused-ring (bicyclic) bond motifs is 1. The molecule has 0 unspecified atom stereocenters. The minimum absolute atomic E-state index is 0.000974.